The molecule has 0 bridgehead atoms. The van der Waals surface area contributed by atoms with Crippen molar-refractivity contribution in [3.63, 3.8) is 0 Å². The largest absolute Gasteiger partial charge is 0.573 e. The summed E-state index contributed by atoms with van der Waals surface area (Å²) in [6, 6.07) is 8.38. The minimum atomic E-state index is -4.93. The van der Waals surface area contributed by atoms with Crippen LogP contribution in [0, 0.1) is 5.41 Å². The van der Waals surface area contributed by atoms with Crippen molar-refractivity contribution >= 4 is 40.5 Å². The Kier molecular flexibility index (Phi) is 6.67. The van der Waals surface area contributed by atoms with Crippen molar-refractivity contribution in [3.8, 4) is 5.75 Å². The van der Waals surface area contributed by atoms with Crippen LogP contribution in [0.3, 0.4) is 0 Å². The molecule has 0 unspecified atom stereocenters. The number of ether oxygens (including phenoxy) is 1. The number of hydrogen-bond acceptors (Lipinski definition) is 3. The SMILES string of the molecule is CC(C)(C)CC(=O)Nc1c(Cl)cc(N2CCc3cc(Cl)ccc3C2)cc1OC(F)(F)F. The lowest BCUT2D eigenvalue weighted by Gasteiger charge is -2.31. The maximum atomic E-state index is 13.1. The molecule has 1 aliphatic heterocycles. The number of hydrogen-bond donors (Lipinski definition) is 1. The van der Waals surface area contributed by atoms with Gasteiger partial charge in [0.25, 0.3) is 0 Å². The number of amides is 1. The molecule has 168 valence electrons. The Balaban J connectivity index is 1.92. The molecular weight excluding hydrogens is 452 g/mol. The Morgan fingerprint density at radius 2 is 1.84 bits per heavy atom. The molecule has 4 nitrogen and oxygen atoms in total. The Morgan fingerprint density at radius 1 is 1.13 bits per heavy atom. The van der Waals surface area contributed by atoms with Gasteiger partial charge in [0.05, 0.1) is 5.02 Å². The first-order valence-electron chi connectivity index (χ1n) is 9.72. The number of alkyl halides is 3. The van der Waals surface area contributed by atoms with E-state index in [1.807, 2.05) is 37.8 Å². The van der Waals surface area contributed by atoms with Crippen LogP contribution < -0.4 is 15.0 Å². The van der Waals surface area contributed by atoms with Crippen molar-refractivity contribution in [3.05, 3.63) is 51.5 Å². The van der Waals surface area contributed by atoms with Crippen LogP contribution in [-0.4, -0.2) is 18.8 Å². The molecule has 0 atom stereocenters. The van der Waals surface area contributed by atoms with E-state index in [1.54, 1.807) is 12.1 Å². The first-order valence-corrected chi connectivity index (χ1v) is 10.5. The number of carbonyl (C=O) groups excluding carboxylic acids is 1. The molecular formula is C22H23Cl2F3N2O2. The number of anilines is 2. The lowest BCUT2D eigenvalue weighted by atomic mass is 9.92. The van der Waals surface area contributed by atoms with E-state index in [2.05, 4.69) is 10.1 Å². The van der Waals surface area contributed by atoms with Gasteiger partial charge in [0, 0.05) is 36.3 Å². The molecule has 2 aromatic carbocycles. The minimum Gasteiger partial charge on any atom is -0.403 e. The topological polar surface area (TPSA) is 41.6 Å². The van der Waals surface area contributed by atoms with Crippen LogP contribution in [0.4, 0.5) is 24.5 Å². The van der Waals surface area contributed by atoms with Crippen molar-refractivity contribution in [2.24, 2.45) is 5.41 Å². The van der Waals surface area contributed by atoms with Crippen molar-refractivity contribution in [2.45, 2.75) is 46.5 Å². The standard InChI is InChI=1S/C22H23Cl2F3N2O2/c1-21(2,3)11-19(30)28-20-17(24)9-16(10-18(20)31-22(25,26)27)29-7-6-13-8-15(23)5-4-14(13)12-29/h4-5,8-10H,6-7,11-12H2,1-3H3,(H,28,30). The third-order valence-electron chi connectivity index (χ3n) is 4.77. The van der Waals surface area contributed by atoms with Crippen molar-refractivity contribution < 1.29 is 22.7 Å². The molecule has 31 heavy (non-hydrogen) atoms. The summed E-state index contributed by atoms with van der Waals surface area (Å²) >= 11 is 12.4. The van der Waals surface area contributed by atoms with Gasteiger partial charge >= 0.3 is 6.36 Å². The second-order valence-electron chi connectivity index (χ2n) is 8.72. The van der Waals surface area contributed by atoms with Gasteiger partial charge in [0.15, 0.2) is 5.75 Å². The van der Waals surface area contributed by atoms with Crippen LogP contribution in [0.2, 0.25) is 10.0 Å². The van der Waals surface area contributed by atoms with Crippen LogP contribution in [0.5, 0.6) is 5.75 Å². The monoisotopic (exact) mass is 474 g/mol. The third-order valence-corrected chi connectivity index (χ3v) is 5.30. The fourth-order valence-electron chi connectivity index (χ4n) is 3.48. The average molecular weight is 475 g/mol. The van der Waals surface area contributed by atoms with Crippen LogP contribution >= 0.6 is 23.2 Å². The molecule has 0 saturated heterocycles. The summed E-state index contributed by atoms with van der Waals surface area (Å²) < 4.78 is 43.4. The Labute approximate surface area is 189 Å². The molecule has 0 aliphatic carbocycles. The number of nitrogens with one attached hydrogen (secondary N) is 1. The molecule has 1 heterocycles. The highest BCUT2D eigenvalue weighted by atomic mass is 35.5. The Morgan fingerprint density at radius 3 is 2.48 bits per heavy atom. The molecule has 9 heteroatoms. The summed E-state index contributed by atoms with van der Waals surface area (Å²) in [4.78, 5) is 14.2. The predicted molar refractivity (Wildman–Crippen MR) is 117 cm³/mol. The van der Waals surface area contributed by atoms with Gasteiger partial charge in [-0.15, -0.1) is 13.2 Å². The maximum absolute atomic E-state index is 13.1. The Hall–Kier alpha value is -2.12. The van der Waals surface area contributed by atoms with Gasteiger partial charge in [0.2, 0.25) is 5.91 Å². The molecule has 3 rings (SSSR count). The number of nitrogens with zero attached hydrogens (tertiary/aromatic N) is 1. The van der Waals surface area contributed by atoms with Crippen LogP contribution in [0.15, 0.2) is 30.3 Å². The van der Waals surface area contributed by atoms with E-state index in [0.29, 0.717) is 30.2 Å². The third kappa shape index (κ3) is 6.43. The zero-order chi connectivity index (χ0) is 23.0. The van der Waals surface area contributed by atoms with Crippen LogP contribution in [-0.2, 0) is 17.8 Å². The molecule has 0 radical (unpaired) electrons. The van der Waals surface area contributed by atoms with Crippen LogP contribution in [0.25, 0.3) is 0 Å². The lowest BCUT2D eigenvalue weighted by Crippen LogP contribution is -2.30. The van der Waals surface area contributed by atoms with Crippen molar-refractivity contribution in [1.82, 2.24) is 0 Å². The molecule has 1 N–H and O–H groups in total. The van der Waals surface area contributed by atoms with Gasteiger partial charge in [-0.05, 0) is 41.2 Å². The van der Waals surface area contributed by atoms with E-state index in [-0.39, 0.29) is 22.5 Å². The highest BCUT2D eigenvalue weighted by molar-refractivity contribution is 6.34. The van der Waals surface area contributed by atoms with Crippen LogP contribution in [0.1, 0.15) is 38.3 Å². The van der Waals surface area contributed by atoms with Gasteiger partial charge in [-0.2, -0.15) is 0 Å². The van der Waals surface area contributed by atoms with Gasteiger partial charge in [0.1, 0.15) is 5.69 Å². The van der Waals surface area contributed by atoms with E-state index in [9.17, 15) is 18.0 Å². The van der Waals surface area contributed by atoms with Gasteiger partial charge in [-0.3, -0.25) is 4.79 Å². The lowest BCUT2D eigenvalue weighted by molar-refractivity contribution is -0.274. The van der Waals surface area contributed by atoms with Crippen molar-refractivity contribution in [1.29, 1.82) is 0 Å². The normalized spacial score (nSPS) is 14.3. The highest BCUT2D eigenvalue weighted by Crippen LogP contribution is 2.41. The second kappa shape index (κ2) is 8.79. The smallest absolute Gasteiger partial charge is 0.403 e. The number of rotatable bonds is 4. The number of carbonyl (C=O) groups is 1. The van der Waals surface area contributed by atoms with Gasteiger partial charge < -0.3 is 15.0 Å². The number of fused-ring (bicyclic) bond motifs is 1. The number of benzene rings is 2. The summed E-state index contributed by atoms with van der Waals surface area (Å²) in [6.45, 7) is 6.62. The fraction of sp³-hybridized carbons (Fsp3) is 0.409. The minimum absolute atomic E-state index is 0.0269. The zero-order valence-corrected chi connectivity index (χ0v) is 18.9. The second-order valence-corrected chi connectivity index (χ2v) is 9.56. The summed E-state index contributed by atoms with van der Waals surface area (Å²) in [5.41, 5.74) is 2.08. The summed E-state index contributed by atoms with van der Waals surface area (Å²) in [5.74, 6) is -0.989. The molecule has 1 amide bonds. The highest BCUT2D eigenvalue weighted by Gasteiger charge is 2.34. The summed E-state index contributed by atoms with van der Waals surface area (Å²) in [7, 11) is 0. The maximum Gasteiger partial charge on any atom is 0.573 e. The first-order chi connectivity index (χ1) is 14.3. The van der Waals surface area contributed by atoms with E-state index in [4.69, 9.17) is 23.2 Å². The molecule has 0 aromatic heterocycles. The Bertz CT molecular complexity index is 988. The molecule has 1 aliphatic rings. The number of halogens is 5. The average Bonchev–Trinajstić information content (AvgIpc) is 2.61. The van der Waals surface area contributed by atoms with E-state index < -0.39 is 18.0 Å². The summed E-state index contributed by atoms with van der Waals surface area (Å²) in [5, 5.41) is 3.10. The molecule has 0 spiro atoms. The zero-order valence-electron chi connectivity index (χ0n) is 17.4. The van der Waals surface area contributed by atoms with Gasteiger partial charge in [-0.25, -0.2) is 0 Å². The molecule has 0 fully saturated rings. The predicted octanol–water partition coefficient (Wildman–Crippen LogP) is 6.83. The molecule has 2 aromatic rings. The van der Waals surface area contributed by atoms with Gasteiger partial charge in [-0.1, -0.05) is 50.0 Å². The van der Waals surface area contributed by atoms with E-state index >= 15 is 0 Å². The quantitative estimate of drug-likeness (QED) is 0.527. The molecule has 0 saturated carbocycles. The van der Waals surface area contributed by atoms with Crippen molar-refractivity contribution in [2.75, 3.05) is 16.8 Å². The fourth-order valence-corrected chi connectivity index (χ4v) is 3.93. The van der Waals surface area contributed by atoms with E-state index in [1.165, 1.54) is 6.07 Å². The first kappa shape index (κ1) is 23.5. The van der Waals surface area contributed by atoms with E-state index in [0.717, 1.165) is 11.1 Å². The summed E-state index contributed by atoms with van der Waals surface area (Å²) in [6.07, 6.45) is -4.13.